The molecule has 1 rings (SSSR count). The normalized spacial score (nSPS) is 12.9. The lowest BCUT2D eigenvalue weighted by Gasteiger charge is -2.34. The second kappa shape index (κ2) is 14.4. The Morgan fingerprint density at radius 3 is 2.30 bits per heavy atom. The number of benzene rings is 1. The van der Waals surface area contributed by atoms with Crippen LogP contribution in [0.1, 0.15) is 78.5 Å². The van der Waals surface area contributed by atoms with Crippen LogP contribution < -0.4 is 10.6 Å². The summed E-state index contributed by atoms with van der Waals surface area (Å²) in [4.78, 5) is 52.8. The number of aryl methyl sites for hydroxylation is 1. The average Bonchev–Trinajstić information content (AvgIpc) is 2.77. The van der Waals surface area contributed by atoms with E-state index in [1.54, 1.807) is 59.7 Å². The lowest BCUT2D eigenvalue weighted by Crippen LogP contribution is -2.53. The Labute approximate surface area is 220 Å². The highest BCUT2D eigenvalue weighted by atomic mass is 16.6. The third kappa shape index (κ3) is 10.3. The fourth-order valence-electron chi connectivity index (χ4n) is 3.78. The molecule has 10 nitrogen and oxygen atoms in total. The van der Waals surface area contributed by atoms with Gasteiger partial charge in [0.05, 0.1) is 13.0 Å². The number of likely N-dealkylation sites (N-methyl/N-ethyl adjacent to an activating group) is 1. The molecule has 3 amide bonds. The van der Waals surface area contributed by atoms with Crippen LogP contribution >= 0.6 is 0 Å². The second-order valence-corrected chi connectivity index (χ2v) is 10.2. The number of phenolic OH excluding ortho intramolecular Hbond substituents is 1. The molecule has 2 atom stereocenters. The molecule has 0 aliphatic carbocycles. The highest BCUT2D eigenvalue weighted by Gasteiger charge is 2.37. The summed E-state index contributed by atoms with van der Waals surface area (Å²) in [6, 6.07) is 2.79. The number of carbonyl (C=O) groups is 4. The van der Waals surface area contributed by atoms with Gasteiger partial charge >= 0.3 is 12.1 Å². The highest BCUT2D eigenvalue weighted by molar-refractivity contribution is 5.92. The van der Waals surface area contributed by atoms with Gasteiger partial charge in [0.2, 0.25) is 11.8 Å². The van der Waals surface area contributed by atoms with E-state index in [2.05, 4.69) is 10.6 Å². The smallest absolute Gasteiger partial charge is 0.408 e. The summed E-state index contributed by atoms with van der Waals surface area (Å²) in [6.45, 7) is 14.4. The van der Waals surface area contributed by atoms with E-state index < -0.39 is 41.6 Å². The van der Waals surface area contributed by atoms with E-state index in [1.807, 2.05) is 13.8 Å². The Hall–Kier alpha value is -3.30. The van der Waals surface area contributed by atoms with Crippen molar-refractivity contribution in [1.82, 2.24) is 15.5 Å². The molecule has 1 aromatic carbocycles. The monoisotopic (exact) mass is 521 g/mol. The number of rotatable bonds is 12. The number of hydrogen-bond donors (Lipinski definition) is 3. The number of ether oxygens (including phenoxy) is 2. The van der Waals surface area contributed by atoms with Crippen LogP contribution in [-0.4, -0.2) is 65.2 Å². The van der Waals surface area contributed by atoms with Gasteiger partial charge in [-0.25, -0.2) is 4.79 Å². The third-order valence-corrected chi connectivity index (χ3v) is 5.38. The van der Waals surface area contributed by atoms with Crippen molar-refractivity contribution in [3.05, 3.63) is 29.3 Å². The predicted octanol–water partition coefficient (Wildman–Crippen LogP) is 3.60. The molecule has 2 unspecified atom stereocenters. The lowest BCUT2D eigenvalue weighted by molar-refractivity contribution is -0.144. The summed E-state index contributed by atoms with van der Waals surface area (Å²) in [5.41, 5.74) is 0.0228. The van der Waals surface area contributed by atoms with Crippen LogP contribution in [0.4, 0.5) is 4.79 Å². The number of esters is 1. The van der Waals surface area contributed by atoms with Crippen LogP contribution in [0.3, 0.4) is 0 Å². The van der Waals surface area contributed by atoms with Crippen LogP contribution in [0.5, 0.6) is 5.75 Å². The third-order valence-electron chi connectivity index (χ3n) is 5.38. The summed E-state index contributed by atoms with van der Waals surface area (Å²) in [5, 5.41) is 16.1. The first-order chi connectivity index (χ1) is 17.2. The molecule has 0 heterocycles. The van der Waals surface area contributed by atoms with Crippen molar-refractivity contribution < 1.29 is 33.8 Å². The van der Waals surface area contributed by atoms with Crippen molar-refractivity contribution in [3.63, 3.8) is 0 Å². The molecule has 0 bridgehead atoms. The Balaban J connectivity index is 3.36. The summed E-state index contributed by atoms with van der Waals surface area (Å²) >= 11 is 0. The molecule has 0 aromatic heterocycles. The summed E-state index contributed by atoms with van der Waals surface area (Å²) < 4.78 is 10.3. The number of phenols is 1. The SMILES string of the molecule is CCOC(=O)CCNC(=O)C(c1cccc(C)c1O)N(CC)C(=O)C(CC(C)C)NC(=O)OC(C)(C)C. The first-order valence-corrected chi connectivity index (χ1v) is 12.7. The predicted molar refractivity (Wildman–Crippen MR) is 140 cm³/mol. The zero-order chi connectivity index (χ0) is 28.3. The van der Waals surface area contributed by atoms with Crippen LogP contribution in [-0.2, 0) is 23.9 Å². The van der Waals surface area contributed by atoms with Crippen LogP contribution in [0.15, 0.2) is 18.2 Å². The van der Waals surface area contributed by atoms with E-state index in [0.717, 1.165) is 0 Å². The van der Waals surface area contributed by atoms with Gasteiger partial charge in [0.1, 0.15) is 23.4 Å². The molecule has 0 aliphatic rings. The number of alkyl carbamates (subject to hydrolysis) is 1. The minimum absolute atomic E-state index is 0.00191. The van der Waals surface area contributed by atoms with Gasteiger partial charge in [0.15, 0.2) is 0 Å². The molecular formula is C27H43N3O7. The summed E-state index contributed by atoms with van der Waals surface area (Å²) in [7, 11) is 0. The van der Waals surface area contributed by atoms with Gasteiger partial charge < -0.3 is 30.1 Å². The molecule has 0 saturated heterocycles. The molecule has 0 radical (unpaired) electrons. The Kier molecular flexibility index (Phi) is 12.4. The van der Waals surface area contributed by atoms with Gasteiger partial charge in [0.25, 0.3) is 0 Å². The van der Waals surface area contributed by atoms with Gasteiger partial charge in [-0.1, -0.05) is 32.0 Å². The molecule has 1 aromatic rings. The molecular weight excluding hydrogens is 478 g/mol. The Bertz CT molecular complexity index is 940. The molecule has 0 spiro atoms. The van der Waals surface area contributed by atoms with Crippen molar-refractivity contribution in [2.45, 2.75) is 85.9 Å². The van der Waals surface area contributed by atoms with Crippen molar-refractivity contribution >= 4 is 23.9 Å². The number of amides is 3. The molecule has 0 saturated carbocycles. The van der Waals surface area contributed by atoms with E-state index >= 15 is 0 Å². The summed E-state index contributed by atoms with van der Waals surface area (Å²) in [5.74, 6) is -1.58. The second-order valence-electron chi connectivity index (χ2n) is 10.2. The molecule has 37 heavy (non-hydrogen) atoms. The number of aromatic hydroxyl groups is 1. The number of carbonyl (C=O) groups excluding carboxylic acids is 4. The minimum Gasteiger partial charge on any atom is -0.507 e. The molecule has 3 N–H and O–H groups in total. The number of hydrogen-bond acceptors (Lipinski definition) is 7. The number of para-hydroxylation sites is 1. The first-order valence-electron chi connectivity index (χ1n) is 12.7. The molecule has 208 valence electrons. The number of nitrogens with zero attached hydrogens (tertiary/aromatic N) is 1. The quantitative estimate of drug-likeness (QED) is 0.358. The molecule has 0 aliphatic heterocycles. The largest absolute Gasteiger partial charge is 0.507 e. The van der Waals surface area contributed by atoms with E-state index in [-0.39, 0.29) is 43.3 Å². The van der Waals surface area contributed by atoms with E-state index in [4.69, 9.17) is 9.47 Å². The first kappa shape index (κ1) is 31.7. The molecule has 0 fully saturated rings. The van der Waals surface area contributed by atoms with Crippen molar-refractivity contribution in [3.8, 4) is 5.75 Å². The maximum Gasteiger partial charge on any atom is 0.408 e. The molecule has 10 heteroatoms. The minimum atomic E-state index is -1.20. The van der Waals surface area contributed by atoms with Gasteiger partial charge in [0, 0.05) is 18.7 Å². The van der Waals surface area contributed by atoms with Crippen molar-refractivity contribution in [2.24, 2.45) is 5.92 Å². The Morgan fingerprint density at radius 1 is 1.11 bits per heavy atom. The van der Waals surface area contributed by atoms with E-state index in [9.17, 15) is 24.3 Å². The maximum absolute atomic E-state index is 13.8. The van der Waals surface area contributed by atoms with Gasteiger partial charge in [-0.05, 0) is 59.4 Å². The van der Waals surface area contributed by atoms with Gasteiger partial charge in [-0.2, -0.15) is 0 Å². The zero-order valence-electron chi connectivity index (χ0n) is 23.3. The maximum atomic E-state index is 13.8. The van der Waals surface area contributed by atoms with Crippen molar-refractivity contribution in [1.29, 1.82) is 0 Å². The Morgan fingerprint density at radius 2 is 1.76 bits per heavy atom. The van der Waals surface area contributed by atoms with Crippen LogP contribution in [0.2, 0.25) is 0 Å². The lowest BCUT2D eigenvalue weighted by atomic mass is 9.97. The fraction of sp³-hybridized carbons (Fsp3) is 0.630. The van der Waals surface area contributed by atoms with Crippen molar-refractivity contribution in [2.75, 3.05) is 19.7 Å². The van der Waals surface area contributed by atoms with Crippen LogP contribution in [0.25, 0.3) is 0 Å². The van der Waals surface area contributed by atoms with E-state index in [0.29, 0.717) is 12.0 Å². The standard InChI is InChI=1S/C27H43N3O7/c1-9-30(25(34)20(16-17(3)4)29-26(35)37-27(6,7)8)22(19-13-11-12-18(5)23(19)32)24(33)28-15-14-21(31)36-10-2/h11-13,17,20,22,32H,9-10,14-16H2,1-8H3,(H,28,33)(H,29,35). The highest BCUT2D eigenvalue weighted by Crippen LogP contribution is 2.32. The van der Waals surface area contributed by atoms with Gasteiger partial charge in [-0.15, -0.1) is 0 Å². The van der Waals surface area contributed by atoms with E-state index in [1.165, 1.54) is 4.90 Å². The van der Waals surface area contributed by atoms with Gasteiger partial charge in [-0.3, -0.25) is 14.4 Å². The average molecular weight is 522 g/mol. The topological polar surface area (TPSA) is 134 Å². The van der Waals surface area contributed by atoms with Crippen LogP contribution in [0, 0.1) is 12.8 Å². The summed E-state index contributed by atoms with van der Waals surface area (Å²) in [6.07, 6.45) is -0.468. The zero-order valence-corrected chi connectivity index (χ0v) is 23.3. The fourth-order valence-corrected chi connectivity index (χ4v) is 3.78. The number of nitrogens with one attached hydrogen (secondary N) is 2.